The molecule has 0 unspecified atom stereocenters. The molecular weight excluding hydrogens is 416 g/mol. The van der Waals surface area contributed by atoms with Crippen LogP contribution in [0.3, 0.4) is 0 Å². The maximum Gasteiger partial charge on any atom is 0.262 e. The largest absolute Gasteiger partial charge is 0.483 e. The molecule has 0 fully saturated rings. The van der Waals surface area contributed by atoms with Gasteiger partial charge in [-0.3, -0.25) is 9.79 Å². The van der Waals surface area contributed by atoms with E-state index in [0.29, 0.717) is 5.75 Å². The number of benzene rings is 3. The number of amides is 1. The SMILES string of the molecule is Cc1cccc(N=Cc2ccc(OCC(=O)Nc3ccccc3)c(Br)c2)c1C. The second kappa shape index (κ2) is 9.33. The van der Waals surface area contributed by atoms with Crippen molar-refractivity contribution in [3.63, 3.8) is 0 Å². The number of carbonyl (C=O) groups excluding carboxylic acids is 1. The molecule has 0 bridgehead atoms. The molecule has 0 saturated carbocycles. The zero-order valence-corrected chi connectivity index (χ0v) is 17.4. The molecule has 28 heavy (non-hydrogen) atoms. The number of nitrogens with one attached hydrogen (secondary N) is 1. The highest BCUT2D eigenvalue weighted by Gasteiger charge is 2.07. The van der Waals surface area contributed by atoms with Crippen LogP contribution in [0.1, 0.15) is 16.7 Å². The Morgan fingerprint density at radius 1 is 1.07 bits per heavy atom. The van der Waals surface area contributed by atoms with Crippen LogP contribution in [0.4, 0.5) is 11.4 Å². The summed E-state index contributed by atoms with van der Waals surface area (Å²) in [7, 11) is 0. The lowest BCUT2D eigenvalue weighted by molar-refractivity contribution is -0.118. The van der Waals surface area contributed by atoms with Crippen molar-refractivity contribution in [3.05, 3.63) is 87.9 Å². The summed E-state index contributed by atoms with van der Waals surface area (Å²) in [6.45, 7) is 4.07. The number of aliphatic imine (C=N–C) groups is 1. The summed E-state index contributed by atoms with van der Waals surface area (Å²) in [6.07, 6.45) is 1.82. The lowest BCUT2D eigenvalue weighted by atomic mass is 10.1. The van der Waals surface area contributed by atoms with Crippen molar-refractivity contribution in [3.8, 4) is 5.75 Å². The minimum atomic E-state index is -0.210. The van der Waals surface area contributed by atoms with E-state index in [1.54, 1.807) is 0 Å². The molecule has 3 aromatic carbocycles. The third-order valence-electron chi connectivity index (χ3n) is 4.30. The summed E-state index contributed by atoms with van der Waals surface area (Å²) >= 11 is 3.50. The van der Waals surface area contributed by atoms with E-state index >= 15 is 0 Å². The number of carbonyl (C=O) groups is 1. The average molecular weight is 437 g/mol. The van der Waals surface area contributed by atoms with E-state index in [1.165, 1.54) is 11.1 Å². The number of aryl methyl sites for hydroxylation is 1. The first kappa shape index (κ1) is 19.8. The zero-order valence-electron chi connectivity index (χ0n) is 15.8. The fraction of sp³-hybridized carbons (Fsp3) is 0.130. The van der Waals surface area contributed by atoms with Gasteiger partial charge in [0, 0.05) is 11.9 Å². The van der Waals surface area contributed by atoms with Crippen molar-refractivity contribution in [2.45, 2.75) is 13.8 Å². The number of hydrogen-bond donors (Lipinski definition) is 1. The molecular formula is C23H21BrN2O2. The highest BCUT2D eigenvalue weighted by atomic mass is 79.9. The summed E-state index contributed by atoms with van der Waals surface area (Å²) in [4.78, 5) is 16.6. The smallest absolute Gasteiger partial charge is 0.262 e. The normalized spacial score (nSPS) is 10.8. The maximum atomic E-state index is 12.0. The third kappa shape index (κ3) is 5.30. The van der Waals surface area contributed by atoms with Gasteiger partial charge in [-0.05, 0) is 82.9 Å². The van der Waals surface area contributed by atoms with Gasteiger partial charge in [0.15, 0.2) is 6.61 Å². The molecule has 0 aliphatic carbocycles. The van der Waals surface area contributed by atoms with Crippen LogP contribution in [0.15, 0.2) is 76.2 Å². The number of anilines is 1. The molecule has 0 aliphatic rings. The zero-order chi connectivity index (χ0) is 19.9. The van der Waals surface area contributed by atoms with Crippen LogP contribution < -0.4 is 10.1 Å². The van der Waals surface area contributed by atoms with Gasteiger partial charge in [0.2, 0.25) is 0 Å². The first-order valence-electron chi connectivity index (χ1n) is 8.90. The summed E-state index contributed by atoms with van der Waals surface area (Å²) in [5.41, 5.74) is 5.02. The summed E-state index contributed by atoms with van der Waals surface area (Å²) in [5, 5.41) is 2.79. The molecule has 3 rings (SSSR count). The summed E-state index contributed by atoms with van der Waals surface area (Å²) in [5.74, 6) is 0.394. The number of para-hydroxylation sites is 1. The molecule has 0 aromatic heterocycles. The molecule has 0 heterocycles. The van der Waals surface area contributed by atoms with Crippen LogP contribution in [0.25, 0.3) is 0 Å². The van der Waals surface area contributed by atoms with Crippen molar-refractivity contribution < 1.29 is 9.53 Å². The van der Waals surface area contributed by atoms with Crippen LogP contribution in [-0.2, 0) is 4.79 Å². The molecule has 1 N–H and O–H groups in total. The standard InChI is InChI=1S/C23H21BrN2O2/c1-16-7-6-10-21(17(16)2)25-14-18-11-12-22(20(24)13-18)28-15-23(27)26-19-8-4-3-5-9-19/h3-14H,15H2,1-2H3,(H,26,27). The predicted octanol–water partition coefficient (Wildman–Crippen LogP) is 5.83. The van der Waals surface area contributed by atoms with Gasteiger partial charge in [0.25, 0.3) is 5.91 Å². The minimum absolute atomic E-state index is 0.0661. The van der Waals surface area contributed by atoms with Gasteiger partial charge in [-0.1, -0.05) is 30.3 Å². The van der Waals surface area contributed by atoms with Crippen molar-refractivity contribution in [2.24, 2.45) is 4.99 Å². The van der Waals surface area contributed by atoms with E-state index in [1.807, 2.05) is 66.9 Å². The van der Waals surface area contributed by atoms with E-state index in [9.17, 15) is 4.79 Å². The fourth-order valence-corrected chi connectivity index (χ4v) is 3.11. The van der Waals surface area contributed by atoms with Gasteiger partial charge in [-0.2, -0.15) is 0 Å². The minimum Gasteiger partial charge on any atom is -0.483 e. The highest BCUT2D eigenvalue weighted by Crippen LogP contribution is 2.26. The predicted molar refractivity (Wildman–Crippen MR) is 118 cm³/mol. The second-order valence-corrected chi connectivity index (χ2v) is 7.22. The fourth-order valence-electron chi connectivity index (χ4n) is 2.60. The van der Waals surface area contributed by atoms with Gasteiger partial charge in [0.1, 0.15) is 5.75 Å². The Kier molecular flexibility index (Phi) is 6.61. The van der Waals surface area contributed by atoms with Crippen LogP contribution in [0.2, 0.25) is 0 Å². The van der Waals surface area contributed by atoms with Crippen LogP contribution in [-0.4, -0.2) is 18.7 Å². The van der Waals surface area contributed by atoms with Crippen molar-refractivity contribution >= 4 is 39.4 Å². The second-order valence-electron chi connectivity index (χ2n) is 6.37. The number of ether oxygens (including phenoxy) is 1. The lowest BCUT2D eigenvalue weighted by Crippen LogP contribution is -2.20. The van der Waals surface area contributed by atoms with Gasteiger partial charge < -0.3 is 10.1 Å². The van der Waals surface area contributed by atoms with Crippen LogP contribution >= 0.6 is 15.9 Å². The van der Waals surface area contributed by atoms with Crippen molar-refractivity contribution in [1.82, 2.24) is 0 Å². The molecule has 0 atom stereocenters. The van der Waals surface area contributed by atoms with Crippen LogP contribution in [0, 0.1) is 13.8 Å². The van der Waals surface area contributed by atoms with E-state index in [4.69, 9.17) is 4.74 Å². The first-order valence-corrected chi connectivity index (χ1v) is 9.70. The Morgan fingerprint density at radius 2 is 1.86 bits per heavy atom. The van der Waals surface area contributed by atoms with Gasteiger partial charge in [0.05, 0.1) is 10.2 Å². The molecule has 5 heteroatoms. The van der Waals surface area contributed by atoms with Crippen molar-refractivity contribution in [2.75, 3.05) is 11.9 Å². The third-order valence-corrected chi connectivity index (χ3v) is 4.92. The summed E-state index contributed by atoms with van der Waals surface area (Å²) in [6, 6.07) is 21.0. The van der Waals surface area contributed by atoms with Gasteiger partial charge in [-0.25, -0.2) is 0 Å². The maximum absolute atomic E-state index is 12.0. The molecule has 142 valence electrons. The molecule has 0 radical (unpaired) electrons. The average Bonchev–Trinajstić information content (AvgIpc) is 2.69. The highest BCUT2D eigenvalue weighted by molar-refractivity contribution is 9.10. The number of hydrogen-bond acceptors (Lipinski definition) is 3. The lowest BCUT2D eigenvalue weighted by Gasteiger charge is -2.09. The van der Waals surface area contributed by atoms with Crippen LogP contribution in [0.5, 0.6) is 5.75 Å². The molecule has 0 aliphatic heterocycles. The van der Waals surface area contributed by atoms with E-state index in [-0.39, 0.29) is 12.5 Å². The number of halogens is 1. The molecule has 0 saturated heterocycles. The molecule has 4 nitrogen and oxygen atoms in total. The molecule has 0 spiro atoms. The van der Waals surface area contributed by atoms with E-state index in [0.717, 1.165) is 21.4 Å². The monoisotopic (exact) mass is 436 g/mol. The van der Waals surface area contributed by atoms with E-state index < -0.39 is 0 Å². The molecule has 1 amide bonds. The summed E-state index contributed by atoms with van der Waals surface area (Å²) < 4.78 is 6.39. The Labute approximate surface area is 173 Å². The molecule has 3 aromatic rings. The van der Waals surface area contributed by atoms with E-state index in [2.05, 4.69) is 46.2 Å². The Hall–Kier alpha value is -2.92. The topological polar surface area (TPSA) is 50.7 Å². The Bertz CT molecular complexity index is 1000. The Morgan fingerprint density at radius 3 is 2.61 bits per heavy atom. The van der Waals surface area contributed by atoms with Gasteiger partial charge in [-0.15, -0.1) is 0 Å². The number of nitrogens with zero attached hydrogens (tertiary/aromatic N) is 1. The first-order chi connectivity index (χ1) is 13.5. The number of rotatable bonds is 6. The quantitative estimate of drug-likeness (QED) is 0.493. The Balaban J connectivity index is 1.61. The van der Waals surface area contributed by atoms with Crippen molar-refractivity contribution in [1.29, 1.82) is 0 Å². The van der Waals surface area contributed by atoms with Gasteiger partial charge >= 0.3 is 0 Å².